The van der Waals surface area contributed by atoms with Crippen LogP contribution in [0.4, 0.5) is 5.69 Å². The Balaban J connectivity index is 1.23. The molecule has 2 fully saturated rings. The normalized spacial score (nSPS) is 27.6. The van der Waals surface area contributed by atoms with Crippen molar-refractivity contribution in [2.24, 2.45) is 11.8 Å². The smallest absolute Gasteiger partial charge is 0.251 e. The van der Waals surface area contributed by atoms with Crippen LogP contribution in [0.2, 0.25) is 0 Å². The molecule has 3 aliphatic carbocycles. The topological polar surface area (TPSA) is 75.7 Å². The van der Waals surface area contributed by atoms with E-state index >= 15 is 0 Å². The summed E-state index contributed by atoms with van der Waals surface area (Å²) < 4.78 is 5.59. The highest BCUT2D eigenvalue weighted by Crippen LogP contribution is 2.61. The summed E-state index contributed by atoms with van der Waals surface area (Å²) in [5.74, 6) is -1.77. The Kier molecular flexibility index (Phi) is 4.86. The van der Waals surface area contributed by atoms with Gasteiger partial charge in [-0.3, -0.25) is 14.4 Å². The zero-order chi connectivity index (χ0) is 24.4. The van der Waals surface area contributed by atoms with Crippen molar-refractivity contribution < 1.29 is 19.1 Å². The van der Waals surface area contributed by atoms with E-state index < -0.39 is 11.8 Å². The molecule has 3 amide bonds. The molecule has 2 heterocycles. The maximum Gasteiger partial charge on any atom is 0.251 e. The molecule has 3 atom stereocenters. The molecule has 8 rings (SSSR count). The first kappa shape index (κ1) is 21.5. The van der Waals surface area contributed by atoms with Crippen molar-refractivity contribution in [3.05, 3.63) is 101 Å². The van der Waals surface area contributed by atoms with Gasteiger partial charge >= 0.3 is 0 Å². The minimum absolute atomic E-state index is 0.0423. The molecule has 2 aliphatic heterocycles. The number of ether oxygens (including phenoxy) is 1. The van der Waals surface area contributed by atoms with E-state index in [2.05, 4.69) is 29.6 Å². The van der Waals surface area contributed by atoms with Gasteiger partial charge in [0, 0.05) is 30.6 Å². The van der Waals surface area contributed by atoms with Crippen LogP contribution in [0, 0.1) is 11.8 Å². The lowest BCUT2D eigenvalue weighted by molar-refractivity contribution is -0.122. The molecule has 6 heteroatoms. The zero-order valence-electron chi connectivity index (χ0n) is 19.7. The van der Waals surface area contributed by atoms with E-state index in [0.29, 0.717) is 17.8 Å². The second-order valence-corrected chi connectivity index (χ2v) is 10.2. The summed E-state index contributed by atoms with van der Waals surface area (Å²) in [6, 6.07) is 23.3. The van der Waals surface area contributed by atoms with Crippen LogP contribution in [0.3, 0.4) is 0 Å². The number of nitrogens with one attached hydrogen (secondary N) is 1. The Bertz CT molecular complexity index is 1290. The third-order valence-corrected chi connectivity index (χ3v) is 8.33. The van der Waals surface area contributed by atoms with E-state index in [9.17, 15) is 14.4 Å². The van der Waals surface area contributed by atoms with Crippen molar-refractivity contribution in [2.75, 3.05) is 18.1 Å². The lowest BCUT2D eigenvalue weighted by Gasteiger charge is -2.45. The van der Waals surface area contributed by atoms with E-state index in [4.69, 9.17) is 4.74 Å². The number of rotatable bonds is 4. The van der Waals surface area contributed by atoms with Crippen LogP contribution < -0.4 is 10.2 Å². The quantitative estimate of drug-likeness (QED) is 0.576. The average Bonchev–Trinajstić information content (AvgIpc) is 3.54. The van der Waals surface area contributed by atoms with Crippen LogP contribution >= 0.6 is 0 Å². The van der Waals surface area contributed by atoms with Crippen molar-refractivity contribution in [3.63, 3.8) is 0 Å². The maximum absolute atomic E-state index is 13.9. The number of hydrogen-bond acceptors (Lipinski definition) is 4. The summed E-state index contributed by atoms with van der Waals surface area (Å²) >= 11 is 0. The van der Waals surface area contributed by atoms with Crippen molar-refractivity contribution in [1.82, 2.24) is 5.32 Å². The fourth-order valence-corrected chi connectivity index (χ4v) is 6.83. The fourth-order valence-electron chi connectivity index (χ4n) is 6.83. The number of hydrogen-bond donors (Lipinski definition) is 1. The first-order valence-electron chi connectivity index (χ1n) is 12.7. The van der Waals surface area contributed by atoms with Crippen LogP contribution in [0.5, 0.6) is 0 Å². The minimum Gasteiger partial charge on any atom is -0.376 e. The molecule has 180 valence electrons. The van der Waals surface area contributed by atoms with Gasteiger partial charge in [0.2, 0.25) is 11.8 Å². The summed E-state index contributed by atoms with van der Waals surface area (Å²) in [6.45, 7) is 1.18. The molecular weight excluding hydrogens is 452 g/mol. The lowest BCUT2D eigenvalue weighted by Crippen LogP contribution is -2.41. The molecule has 6 nitrogen and oxygen atoms in total. The molecule has 0 unspecified atom stereocenters. The Morgan fingerprint density at radius 2 is 1.42 bits per heavy atom. The van der Waals surface area contributed by atoms with Crippen molar-refractivity contribution >= 4 is 23.4 Å². The van der Waals surface area contributed by atoms with Gasteiger partial charge in [-0.15, -0.1) is 0 Å². The Hall–Kier alpha value is -3.77. The molecule has 2 saturated heterocycles. The third-order valence-electron chi connectivity index (χ3n) is 8.33. The third kappa shape index (κ3) is 3.04. The number of nitrogens with zero attached hydrogens (tertiary/aromatic N) is 1. The van der Waals surface area contributed by atoms with Crippen LogP contribution in [0.1, 0.15) is 57.3 Å². The SMILES string of the molecule is O=C(NC[C@@H]1CCCO1)c1cccc(N2C(=O)[C@@H]3C4c5ccccc5C(c5ccccc54)[C@H]3C2=O)c1. The first-order chi connectivity index (χ1) is 17.6. The second-order valence-electron chi connectivity index (χ2n) is 10.2. The van der Waals surface area contributed by atoms with Crippen molar-refractivity contribution in [3.8, 4) is 0 Å². The molecule has 0 aromatic heterocycles. The molecule has 3 aromatic rings. The van der Waals surface area contributed by atoms with Gasteiger partial charge in [0.15, 0.2) is 0 Å². The highest BCUT2D eigenvalue weighted by atomic mass is 16.5. The monoisotopic (exact) mass is 478 g/mol. The molecule has 2 bridgehead atoms. The number of amides is 3. The van der Waals surface area contributed by atoms with Gasteiger partial charge in [-0.2, -0.15) is 0 Å². The summed E-state index contributed by atoms with van der Waals surface area (Å²) in [6.07, 6.45) is 1.99. The lowest BCUT2D eigenvalue weighted by atomic mass is 9.55. The largest absolute Gasteiger partial charge is 0.376 e. The van der Waals surface area contributed by atoms with Gasteiger partial charge in [-0.1, -0.05) is 54.6 Å². The van der Waals surface area contributed by atoms with E-state index in [1.807, 2.05) is 24.3 Å². The number of anilines is 1. The zero-order valence-corrected chi connectivity index (χ0v) is 19.7. The molecule has 3 aromatic carbocycles. The molecular formula is C30H26N2O4. The Morgan fingerprint density at radius 3 is 1.94 bits per heavy atom. The van der Waals surface area contributed by atoms with Gasteiger partial charge in [0.25, 0.3) is 5.91 Å². The van der Waals surface area contributed by atoms with E-state index in [1.54, 1.807) is 24.3 Å². The highest BCUT2D eigenvalue weighted by molar-refractivity contribution is 6.23. The highest BCUT2D eigenvalue weighted by Gasteiger charge is 2.61. The summed E-state index contributed by atoms with van der Waals surface area (Å²) in [5, 5.41) is 2.93. The second kappa shape index (κ2) is 8.14. The summed E-state index contributed by atoms with van der Waals surface area (Å²) in [4.78, 5) is 42.0. The van der Waals surface area contributed by atoms with E-state index in [1.165, 1.54) is 4.90 Å². The molecule has 0 radical (unpaired) electrons. The number of carbonyl (C=O) groups is 3. The van der Waals surface area contributed by atoms with E-state index in [0.717, 1.165) is 41.7 Å². The van der Waals surface area contributed by atoms with Gasteiger partial charge in [-0.05, 0) is 53.3 Å². The summed E-state index contributed by atoms with van der Waals surface area (Å²) in [5.41, 5.74) is 5.47. The Morgan fingerprint density at radius 1 is 0.833 bits per heavy atom. The van der Waals surface area contributed by atoms with Gasteiger partial charge in [0.1, 0.15) is 0 Å². The van der Waals surface area contributed by atoms with Crippen molar-refractivity contribution in [1.29, 1.82) is 0 Å². The number of benzene rings is 3. The standard InChI is InChI=1S/C30H26N2O4/c33-28(31-16-19-9-6-14-36-19)17-7-5-8-18(15-17)32-29(34)26-24-20-10-1-2-11-21(20)25(27(26)30(32)35)23-13-4-3-12-22(23)24/h1-5,7-8,10-13,15,19,24-27H,6,9,14,16H2,(H,31,33)/t19-,24?,25?,26+,27+/m0/s1. The van der Waals surface area contributed by atoms with Crippen molar-refractivity contribution in [2.45, 2.75) is 30.8 Å². The van der Waals surface area contributed by atoms with Crippen LogP contribution in [0.15, 0.2) is 72.8 Å². The summed E-state index contributed by atoms with van der Waals surface area (Å²) in [7, 11) is 0. The first-order valence-corrected chi connectivity index (χ1v) is 12.7. The molecule has 0 saturated carbocycles. The molecule has 1 N–H and O–H groups in total. The van der Waals surface area contributed by atoms with Crippen LogP contribution in [-0.2, 0) is 14.3 Å². The fraction of sp³-hybridized carbons (Fsp3) is 0.300. The predicted octanol–water partition coefficient (Wildman–Crippen LogP) is 3.99. The number of imide groups is 1. The van der Waals surface area contributed by atoms with Crippen LogP contribution in [-0.4, -0.2) is 37.0 Å². The van der Waals surface area contributed by atoms with Gasteiger partial charge in [-0.25, -0.2) is 4.90 Å². The maximum atomic E-state index is 13.9. The van der Waals surface area contributed by atoms with Gasteiger partial charge in [0.05, 0.1) is 23.6 Å². The molecule has 0 spiro atoms. The molecule has 36 heavy (non-hydrogen) atoms. The average molecular weight is 479 g/mol. The predicted molar refractivity (Wildman–Crippen MR) is 134 cm³/mol. The van der Waals surface area contributed by atoms with E-state index in [-0.39, 0.29) is 35.7 Å². The van der Waals surface area contributed by atoms with Crippen LogP contribution in [0.25, 0.3) is 0 Å². The molecule has 5 aliphatic rings. The number of carbonyl (C=O) groups excluding carboxylic acids is 3. The minimum atomic E-state index is -0.440. The van der Waals surface area contributed by atoms with Gasteiger partial charge < -0.3 is 10.1 Å². The Labute approximate surface area is 209 Å².